The number of carbonyl (C=O) groups is 1. The van der Waals surface area contributed by atoms with E-state index in [0.717, 1.165) is 18.2 Å². The van der Waals surface area contributed by atoms with Gasteiger partial charge in [-0.3, -0.25) is 4.79 Å². The van der Waals surface area contributed by atoms with E-state index in [0.29, 0.717) is 16.7 Å². The molecule has 0 radical (unpaired) electrons. The molecule has 1 amide bonds. The first-order valence-corrected chi connectivity index (χ1v) is 7.23. The summed E-state index contributed by atoms with van der Waals surface area (Å²) >= 11 is 0. The maximum atomic E-state index is 13.1. The molecule has 0 bridgehead atoms. The summed E-state index contributed by atoms with van der Waals surface area (Å²) in [6.07, 6.45) is 0.776. The van der Waals surface area contributed by atoms with Crippen molar-refractivity contribution in [2.45, 2.75) is 6.18 Å². The van der Waals surface area contributed by atoms with E-state index in [-0.39, 0.29) is 11.3 Å². The number of carbonyl (C=O) groups excluding carboxylic acids is 1. The van der Waals surface area contributed by atoms with Gasteiger partial charge in [0.25, 0.3) is 0 Å². The van der Waals surface area contributed by atoms with Gasteiger partial charge in [0.1, 0.15) is 5.52 Å². The molecule has 0 atom stereocenters. The number of H-pyrrole nitrogens is 1. The molecule has 3 aromatic rings. The maximum Gasteiger partial charge on any atom is 0.417 e. The highest BCUT2D eigenvalue weighted by molar-refractivity contribution is 5.93. The van der Waals surface area contributed by atoms with Crippen LogP contribution in [0.2, 0.25) is 0 Å². The van der Waals surface area contributed by atoms with Crippen molar-refractivity contribution in [3.05, 3.63) is 53.4 Å². The number of benzene rings is 1. The molecule has 6 nitrogen and oxygen atoms in total. The fourth-order valence-electron chi connectivity index (χ4n) is 2.38. The molecule has 0 saturated heterocycles. The van der Waals surface area contributed by atoms with Gasteiger partial charge in [0.2, 0.25) is 5.91 Å². The van der Waals surface area contributed by atoms with Crippen molar-refractivity contribution in [1.82, 2.24) is 15.0 Å². The zero-order valence-corrected chi connectivity index (χ0v) is 13.0. The van der Waals surface area contributed by atoms with E-state index < -0.39 is 23.2 Å². The van der Waals surface area contributed by atoms with E-state index in [1.165, 1.54) is 24.4 Å². The first kappa shape index (κ1) is 17.2. The van der Waals surface area contributed by atoms with Gasteiger partial charge in [-0.25, -0.2) is 9.97 Å². The van der Waals surface area contributed by atoms with Gasteiger partial charge < -0.3 is 10.7 Å². The minimum Gasteiger partial charge on any atom is -0.366 e. The van der Waals surface area contributed by atoms with Crippen LogP contribution in [0.3, 0.4) is 0 Å². The Labute approximate surface area is 144 Å². The third kappa shape index (κ3) is 3.25. The largest absolute Gasteiger partial charge is 0.417 e. The molecule has 0 fully saturated rings. The van der Waals surface area contributed by atoms with Crippen molar-refractivity contribution in [1.29, 1.82) is 5.26 Å². The molecule has 9 heteroatoms. The minimum absolute atomic E-state index is 0.164. The fraction of sp³-hybridized carbons (Fsp3) is 0.0588. The number of primary amides is 1. The highest BCUT2D eigenvalue weighted by Gasteiger charge is 2.34. The Bertz CT molecular complexity index is 1080. The van der Waals surface area contributed by atoms with Crippen molar-refractivity contribution in [2.75, 3.05) is 0 Å². The van der Waals surface area contributed by atoms with Gasteiger partial charge in [-0.05, 0) is 18.2 Å². The average Bonchev–Trinajstić information content (AvgIpc) is 3.00. The Kier molecular flexibility index (Phi) is 4.18. The molecule has 0 aliphatic heterocycles. The molecule has 1 aromatic carbocycles. The van der Waals surface area contributed by atoms with Crippen LogP contribution in [0.4, 0.5) is 13.2 Å². The molecule has 3 rings (SSSR count). The topological polar surface area (TPSA) is 108 Å². The molecule has 26 heavy (non-hydrogen) atoms. The van der Waals surface area contributed by atoms with Gasteiger partial charge in [-0.2, -0.15) is 18.4 Å². The molecular weight excluding hydrogens is 347 g/mol. The second-order valence-electron chi connectivity index (χ2n) is 5.30. The van der Waals surface area contributed by atoms with Crippen molar-refractivity contribution in [2.24, 2.45) is 5.73 Å². The normalized spacial score (nSPS) is 11.8. The molecule has 130 valence electrons. The van der Waals surface area contributed by atoms with Gasteiger partial charge in [0.15, 0.2) is 5.65 Å². The SMILES string of the molecule is N#Cc1ccc(-c2cnc3[nH]cc(C=CC(N)=O)c3n2)cc1C(F)(F)F. The van der Waals surface area contributed by atoms with Gasteiger partial charge in [0, 0.05) is 23.4 Å². The van der Waals surface area contributed by atoms with Crippen molar-refractivity contribution < 1.29 is 18.0 Å². The number of aromatic amines is 1. The molecule has 3 N–H and O–H groups in total. The monoisotopic (exact) mass is 357 g/mol. The number of fused-ring (bicyclic) bond motifs is 1. The summed E-state index contributed by atoms with van der Waals surface area (Å²) in [6.45, 7) is 0. The van der Waals surface area contributed by atoms with Crippen LogP contribution in [0, 0.1) is 11.3 Å². The lowest BCUT2D eigenvalue weighted by Crippen LogP contribution is -2.08. The Morgan fingerprint density at radius 3 is 2.77 bits per heavy atom. The Morgan fingerprint density at radius 1 is 1.35 bits per heavy atom. The lowest BCUT2D eigenvalue weighted by Gasteiger charge is -2.10. The number of nitrogens with two attached hydrogens (primary N) is 1. The number of halogens is 3. The van der Waals surface area contributed by atoms with Gasteiger partial charge in [0.05, 0.1) is 29.1 Å². The summed E-state index contributed by atoms with van der Waals surface area (Å²) < 4.78 is 39.4. The fourth-order valence-corrected chi connectivity index (χ4v) is 2.38. The average molecular weight is 357 g/mol. The van der Waals surface area contributed by atoms with E-state index >= 15 is 0 Å². The number of amides is 1. The summed E-state index contributed by atoms with van der Waals surface area (Å²) in [5, 5.41) is 8.87. The number of aromatic nitrogens is 3. The summed E-state index contributed by atoms with van der Waals surface area (Å²) in [4.78, 5) is 22.2. The molecule has 2 heterocycles. The number of hydrogen-bond donors (Lipinski definition) is 2. The van der Waals surface area contributed by atoms with E-state index in [2.05, 4.69) is 15.0 Å². The Balaban J connectivity index is 2.13. The van der Waals surface area contributed by atoms with E-state index in [1.54, 1.807) is 6.20 Å². The second-order valence-corrected chi connectivity index (χ2v) is 5.30. The summed E-state index contributed by atoms with van der Waals surface area (Å²) in [5.74, 6) is -0.648. The van der Waals surface area contributed by atoms with E-state index in [9.17, 15) is 18.0 Å². The lowest BCUT2D eigenvalue weighted by molar-refractivity contribution is -0.137. The highest BCUT2D eigenvalue weighted by atomic mass is 19.4. The summed E-state index contributed by atoms with van der Waals surface area (Å²) in [7, 11) is 0. The van der Waals surface area contributed by atoms with Crippen LogP contribution < -0.4 is 5.73 Å². The third-order valence-electron chi connectivity index (χ3n) is 3.58. The zero-order valence-electron chi connectivity index (χ0n) is 13.0. The third-order valence-corrected chi connectivity index (χ3v) is 3.58. The summed E-state index contributed by atoms with van der Waals surface area (Å²) in [5.41, 5.74) is 5.19. The van der Waals surface area contributed by atoms with Crippen LogP contribution >= 0.6 is 0 Å². The number of hydrogen-bond acceptors (Lipinski definition) is 4. The molecule has 0 aliphatic carbocycles. The van der Waals surface area contributed by atoms with Crippen LogP contribution in [0.5, 0.6) is 0 Å². The number of rotatable bonds is 3. The molecular formula is C17H10F3N5O. The Morgan fingerprint density at radius 2 is 2.12 bits per heavy atom. The minimum atomic E-state index is -4.66. The number of nitrogens with zero attached hydrogens (tertiary/aromatic N) is 3. The maximum absolute atomic E-state index is 13.1. The predicted molar refractivity (Wildman–Crippen MR) is 87.3 cm³/mol. The first-order valence-electron chi connectivity index (χ1n) is 7.23. The highest BCUT2D eigenvalue weighted by Crippen LogP contribution is 2.34. The second kappa shape index (κ2) is 6.33. The number of nitriles is 1. The van der Waals surface area contributed by atoms with E-state index in [1.807, 2.05) is 0 Å². The van der Waals surface area contributed by atoms with Crippen LogP contribution in [0.25, 0.3) is 28.5 Å². The van der Waals surface area contributed by atoms with Gasteiger partial charge in [-0.1, -0.05) is 6.07 Å². The quantitative estimate of drug-likeness (QED) is 0.702. The van der Waals surface area contributed by atoms with Crippen LogP contribution in [-0.4, -0.2) is 20.9 Å². The van der Waals surface area contributed by atoms with Gasteiger partial charge in [-0.15, -0.1) is 0 Å². The van der Waals surface area contributed by atoms with Crippen LogP contribution in [0.1, 0.15) is 16.7 Å². The molecule has 0 saturated carbocycles. The summed E-state index contributed by atoms with van der Waals surface area (Å²) in [6, 6.07) is 4.85. The zero-order chi connectivity index (χ0) is 18.9. The van der Waals surface area contributed by atoms with Crippen molar-refractivity contribution >= 4 is 23.1 Å². The molecule has 0 unspecified atom stereocenters. The number of nitrogens with one attached hydrogen (secondary N) is 1. The lowest BCUT2D eigenvalue weighted by atomic mass is 10.0. The molecule has 2 aromatic heterocycles. The molecule has 0 aliphatic rings. The predicted octanol–water partition coefficient (Wildman–Crippen LogP) is 3.01. The van der Waals surface area contributed by atoms with Crippen molar-refractivity contribution in [3.8, 4) is 17.3 Å². The van der Waals surface area contributed by atoms with Crippen LogP contribution in [-0.2, 0) is 11.0 Å². The standard InChI is InChI=1S/C17H10F3N5O/c18-17(19,20)12-5-9(1-2-10(12)6-21)13-8-24-16-15(25-13)11(7-23-16)3-4-14(22)26/h1-5,7-8H,(H2,22,26)(H,23,24). The van der Waals surface area contributed by atoms with Crippen LogP contribution in [0.15, 0.2) is 36.7 Å². The van der Waals surface area contributed by atoms with Gasteiger partial charge >= 0.3 is 6.18 Å². The number of alkyl halides is 3. The Hall–Kier alpha value is -3.67. The smallest absolute Gasteiger partial charge is 0.366 e. The van der Waals surface area contributed by atoms with Crippen molar-refractivity contribution in [3.63, 3.8) is 0 Å². The molecule has 0 spiro atoms. The van der Waals surface area contributed by atoms with E-state index in [4.69, 9.17) is 11.0 Å². The first-order chi connectivity index (χ1) is 12.3.